The second kappa shape index (κ2) is 7.07. The topological polar surface area (TPSA) is 43.4 Å². The number of hydrogen-bond donors (Lipinski definition) is 1. The highest BCUT2D eigenvalue weighted by molar-refractivity contribution is 7.14. The summed E-state index contributed by atoms with van der Waals surface area (Å²) in [6.45, 7) is 0. The van der Waals surface area contributed by atoms with E-state index in [9.17, 15) is 4.39 Å². The minimum absolute atomic E-state index is 0.0664. The first kappa shape index (κ1) is 16.5. The molecule has 2 aromatic carbocycles. The summed E-state index contributed by atoms with van der Waals surface area (Å²) in [6, 6.07) is 10.1. The Hall–Kier alpha value is -2.31. The average molecular weight is 365 g/mol. The van der Waals surface area contributed by atoms with Crippen LogP contribution in [0.25, 0.3) is 11.3 Å². The minimum Gasteiger partial charge on any atom is -0.493 e. The molecule has 0 radical (unpaired) electrons. The second-order valence-electron chi connectivity index (χ2n) is 4.86. The normalized spacial score (nSPS) is 10.5. The van der Waals surface area contributed by atoms with E-state index in [1.54, 1.807) is 20.3 Å². The molecule has 0 aliphatic rings. The number of nitrogens with zero attached hydrogens (tertiary/aromatic N) is 1. The summed E-state index contributed by atoms with van der Waals surface area (Å²) in [5, 5.41) is 5.79. The molecule has 0 amide bonds. The highest BCUT2D eigenvalue weighted by Gasteiger charge is 2.10. The van der Waals surface area contributed by atoms with Gasteiger partial charge in [0.25, 0.3) is 0 Å². The largest absolute Gasteiger partial charge is 0.493 e. The van der Waals surface area contributed by atoms with Crippen molar-refractivity contribution in [3.63, 3.8) is 0 Å². The van der Waals surface area contributed by atoms with Crippen molar-refractivity contribution >= 4 is 33.8 Å². The summed E-state index contributed by atoms with van der Waals surface area (Å²) in [7, 11) is 3.18. The average Bonchev–Trinajstić information content (AvgIpc) is 3.06. The van der Waals surface area contributed by atoms with Crippen molar-refractivity contribution in [2.45, 2.75) is 0 Å². The fraction of sp³-hybridized carbons (Fsp3) is 0.118. The minimum atomic E-state index is -0.452. The Balaban J connectivity index is 1.83. The van der Waals surface area contributed by atoms with Gasteiger partial charge in [0.15, 0.2) is 16.6 Å². The smallest absolute Gasteiger partial charge is 0.187 e. The molecular weight excluding hydrogens is 351 g/mol. The molecule has 0 saturated heterocycles. The summed E-state index contributed by atoms with van der Waals surface area (Å²) in [6.07, 6.45) is 0. The Labute approximate surface area is 147 Å². The first-order chi connectivity index (χ1) is 11.6. The number of methoxy groups -OCH3 is 2. The molecule has 0 unspecified atom stereocenters. The molecule has 4 nitrogen and oxygen atoms in total. The van der Waals surface area contributed by atoms with Crippen LogP contribution in [0.3, 0.4) is 0 Å². The number of rotatable bonds is 5. The van der Waals surface area contributed by atoms with Crippen LogP contribution in [0.5, 0.6) is 11.5 Å². The molecule has 0 atom stereocenters. The predicted molar refractivity (Wildman–Crippen MR) is 95.3 cm³/mol. The number of anilines is 2. The van der Waals surface area contributed by atoms with Gasteiger partial charge in [-0.3, -0.25) is 0 Å². The monoisotopic (exact) mass is 364 g/mol. The van der Waals surface area contributed by atoms with Gasteiger partial charge in [-0.25, -0.2) is 9.37 Å². The van der Waals surface area contributed by atoms with E-state index in [4.69, 9.17) is 21.1 Å². The third-order valence-corrected chi connectivity index (χ3v) is 4.40. The van der Waals surface area contributed by atoms with E-state index in [0.29, 0.717) is 22.3 Å². The molecule has 0 bridgehead atoms. The Morgan fingerprint density at radius 3 is 2.58 bits per heavy atom. The van der Waals surface area contributed by atoms with Gasteiger partial charge in [0.1, 0.15) is 5.82 Å². The lowest BCUT2D eigenvalue weighted by atomic mass is 10.1. The van der Waals surface area contributed by atoms with E-state index < -0.39 is 5.82 Å². The standard InChI is InChI=1S/C17H14ClFN2O2S/c1-22-15-6-3-10(7-16(15)23-2)14-9-24-17(21-14)20-11-4-5-13(19)12(18)8-11/h3-9H,1-2H3,(H,20,21). The number of ether oxygens (including phenoxy) is 2. The fourth-order valence-corrected chi connectivity index (χ4v) is 3.08. The molecule has 3 aromatic rings. The summed E-state index contributed by atoms with van der Waals surface area (Å²) in [4.78, 5) is 4.53. The van der Waals surface area contributed by atoms with Gasteiger partial charge in [0.2, 0.25) is 0 Å². The van der Waals surface area contributed by atoms with Crippen LogP contribution in [0.4, 0.5) is 15.2 Å². The molecule has 124 valence electrons. The molecule has 0 aliphatic heterocycles. The third kappa shape index (κ3) is 3.44. The molecular formula is C17H14ClFN2O2S. The van der Waals surface area contributed by atoms with Crippen molar-refractivity contribution in [3.8, 4) is 22.8 Å². The van der Waals surface area contributed by atoms with Crippen LogP contribution in [-0.4, -0.2) is 19.2 Å². The van der Waals surface area contributed by atoms with Gasteiger partial charge in [0.05, 0.1) is 24.9 Å². The SMILES string of the molecule is COc1ccc(-c2csc(Nc3ccc(F)c(Cl)c3)n2)cc1OC. The lowest BCUT2D eigenvalue weighted by Gasteiger charge is -2.08. The lowest BCUT2D eigenvalue weighted by Crippen LogP contribution is -1.92. The van der Waals surface area contributed by atoms with Crippen molar-refractivity contribution < 1.29 is 13.9 Å². The first-order valence-corrected chi connectivity index (χ1v) is 8.26. The van der Waals surface area contributed by atoms with E-state index in [1.807, 2.05) is 23.6 Å². The molecule has 1 heterocycles. The van der Waals surface area contributed by atoms with Crippen molar-refractivity contribution in [2.75, 3.05) is 19.5 Å². The number of aromatic nitrogens is 1. The van der Waals surface area contributed by atoms with Gasteiger partial charge in [-0.05, 0) is 36.4 Å². The highest BCUT2D eigenvalue weighted by atomic mass is 35.5. The molecule has 0 saturated carbocycles. The molecule has 24 heavy (non-hydrogen) atoms. The molecule has 1 aromatic heterocycles. The lowest BCUT2D eigenvalue weighted by molar-refractivity contribution is 0.355. The molecule has 7 heteroatoms. The van der Waals surface area contributed by atoms with Crippen LogP contribution in [0.2, 0.25) is 5.02 Å². The zero-order valence-electron chi connectivity index (χ0n) is 13.0. The zero-order valence-corrected chi connectivity index (χ0v) is 14.5. The van der Waals surface area contributed by atoms with E-state index in [0.717, 1.165) is 11.3 Å². The van der Waals surface area contributed by atoms with Crippen LogP contribution >= 0.6 is 22.9 Å². The summed E-state index contributed by atoms with van der Waals surface area (Å²) >= 11 is 7.23. The van der Waals surface area contributed by atoms with E-state index in [-0.39, 0.29) is 5.02 Å². The van der Waals surface area contributed by atoms with Crippen LogP contribution < -0.4 is 14.8 Å². The van der Waals surface area contributed by atoms with Crippen molar-refractivity contribution in [1.29, 1.82) is 0 Å². The van der Waals surface area contributed by atoms with E-state index >= 15 is 0 Å². The van der Waals surface area contributed by atoms with Gasteiger partial charge in [-0.1, -0.05) is 11.6 Å². The number of halogens is 2. The van der Waals surface area contributed by atoms with E-state index in [2.05, 4.69) is 10.3 Å². The molecule has 1 N–H and O–H groups in total. The number of thiazole rings is 1. The van der Waals surface area contributed by atoms with Crippen molar-refractivity contribution in [2.24, 2.45) is 0 Å². The molecule has 3 rings (SSSR count). The Bertz CT molecular complexity index is 870. The fourth-order valence-electron chi connectivity index (χ4n) is 2.16. The summed E-state index contributed by atoms with van der Waals surface area (Å²) < 4.78 is 23.7. The molecule has 0 spiro atoms. The first-order valence-electron chi connectivity index (χ1n) is 7.00. The number of nitrogens with one attached hydrogen (secondary N) is 1. The maximum absolute atomic E-state index is 13.2. The Morgan fingerprint density at radius 2 is 1.88 bits per heavy atom. The van der Waals surface area contributed by atoms with Gasteiger partial charge < -0.3 is 14.8 Å². The van der Waals surface area contributed by atoms with Gasteiger partial charge in [0, 0.05) is 16.6 Å². The molecule has 0 aliphatic carbocycles. The van der Waals surface area contributed by atoms with E-state index in [1.165, 1.54) is 23.5 Å². The quantitative estimate of drug-likeness (QED) is 0.661. The summed E-state index contributed by atoms with van der Waals surface area (Å²) in [5.74, 6) is 0.853. The van der Waals surface area contributed by atoms with Gasteiger partial charge >= 0.3 is 0 Å². The number of benzene rings is 2. The van der Waals surface area contributed by atoms with Crippen LogP contribution in [-0.2, 0) is 0 Å². The maximum atomic E-state index is 13.2. The van der Waals surface area contributed by atoms with Crippen LogP contribution in [0.15, 0.2) is 41.8 Å². The Kier molecular flexibility index (Phi) is 4.87. The van der Waals surface area contributed by atoms with Crippen LogP contribution in [0.1, 0.15) is 0 Å². The van der Waals surface area contributed by atoms with Crippen molar-refractivity contribution in [3.05, 3.63) is 52.6 Å². The third-order valence-electron chi connectivity index (χ3n) is 3.35. The number of hydrogen-bond acceptors (Lipinski definition) is 5. The van der Waals surface area contributed by atoms with Crippen LogP contribution in [0, 0.1) is 5.82 Å². The summed E-state index contributed by atoms with van der Waals surface area (Å²) in [5.41, 5.74) is 2.39. The molecule has 0 fully saturated rings. The maximum Gasteiger partial charge on any atom is 0.187 e. The van der Waals surface area contributed by atoms with Gasteiger partial charge in [-0.15, -0.1) is 11.3 Å². The Morgan fingerprint density at radius 1 is 1.08 bits per heavy atom. The highest BCUT2D eigenvalue weighted by Crippen LogP contribution is 2.34. The van der Waals surface area contributed by atoms with Gasteiger partial charge in [-0.2, -0.15) is 0 Å². The second-order valence-corrected chi connectivity index (χ2v) is 6.13. The van der Waals surface area contributed by atoms with Crippen molar-refractivity contribution in [1.82, 2.24) is 4.98 Å². The zero-order chi connectivity index (χ0) is 17.1. The predicted octanol–water partition coefficient (Wildman–Crippen LogP) is 5.36.